The maximum Gasteiger partial charge on any atom is 0.244 e. The smallest absolute Gasteiger partial charge is 0.244 e. The Balaban J connectivity index is 3.02. The maximum atomic E-state index is 5.75. The quantitative estimate of drug-likeness (QED) is 0.606. The van der Waals surface area contributed by atoms with Crippen LogP contribution in [0.1, 0.15) is 26.6 Å². The lowest BCUT2D eigenvalue weighted by Crippen LogP contribution is -2.39. The van der Waals surface area contributed by atoms with Crippen molar-refractivity contribution in [1.82, 2.24) is 15.0 Å². The van der Waals surface area contributed by atoms with Crippen molar-refractivity contribution in [2.75, 3.05) is 5.01 Å². The summed E-state index contributed by atoms with van der Waals surface area (Å²) in [5, 5.41) is 1.65. The van der Waals surface area contributed by atoms with E-state index in [1.807, 2.05) is 20.8 Å². The van der Waals surface area contributed by atoms with Gasteiger partial charge in [-0.05, 0) is 25.4 Å². The topological polar surface area (TPSA) is 67.9 Å². The van der Waals surface area contributed by atoms with Crippen LogP contribution in [0.5, 0.6) is 0 Å². The molecule has 0 aliphatic heterocycles. The van der Waals surface area contributed by atoms with Crippen molar-refractivity contribution in [3.05, 3.63) is 11.1 Å². The van der Waals surface area contributed by atoms with Crippen LogP contribution >= 0.6 is 11.6 Å². The highest BCUT2D eigenvalue weighted by molar-refractivity contribution is 6.28. The zero-order valence-electron chi connectivity index (χ0n) is 8.53. The molecular weight excluding hydrogens is 202 g/mol. The molecule has 0 fully saturated rings. The van der Waals surface area contributed by atoms with Gasteiger partial charge in [-0.25, -0.2) is 10.8 Å². The van der Waals surface area contributed by atoms with Gasteiger partial charge in [0.2, 0.25) is 11.2 Å². The summed E-state index contributed by atoms with van der Waals surface area (Å²) < 4.78 is 0. The molecule has 0 unspecified atom stereocenters. The van der Waals surface area contributed by atoms with E-state index in [1.54, 1.807) is 0 Å². The van der Waals surface area contributed by atoms with Gasteiger partial charge in [0.15, 0.2) is 0 Å². The van der Waals surface area contributed by atoms with Gasteiger partial charge < -0.3 is 0 Å². The van der Waals surface area contributed by atoms with Crippen LogP contribution in [0.4, 0.5) is 5.95 Å². The molecule has 14 heavy (non-hydrogen) atoms. The van der Waals surface area contributed by atoms with Gasteiger partial charge in [0.25, 0.3) is 0 Å². The van der Waals surface area contributed by atoms with E-state index in [0.717, 1.165) is 0 Å². The van der Waals surface area contributed by atoms with Crippen LogP contribution in [0.25, 0.3) is 0 Å². The van der Waals surface area contributed by atoms with Crippen LogP contribution in [-0.2, 0) is 6.42 Å². The highest BCUT2D eigenvalue weighted by Gasteiger charge is 2.11. The van der Waals surface area contributed by atoms with E-state index in [1.165, 1.54) is 5.01 Å². The highest BCUT2D eigenvalue weighted by Crippen LogP contribution is 2.10. The summed E-state index contributed by atoms with van der Waals surface area (Å²) in [6, 6.07) is 0.123. The number of aryl methyl sites for hydroxylation is 1. The fourth-order valence-electron chi connectivity index (χ4n) is 0.884. The normalized spacial score (nSPS) is 10.7. The number of nitrogens with two attached hydrogens (primary N) is 1. The van der Waals surface area contributed by atoms with Gasteiger partial charge in [0.1, 0.15) is 5.82 Å². The SMILES string of the molecule is CCc1nc(Cl)nc(N(N)C(C)C)n1. The molecule has 1 heterocycles. The summed E-state index contributed by atoms with van der Waals surface area (Å²) in [6.45, 7) is 5.85. The number of halogens is 1. The van der Waals surface area contributed by atoms with Crippen molar-refractivity contribution in [2.24, 2.45) is 5.84 Å². The first-order valence-electron chi connectivity index (χ1n) is 4.49. The van der Waals surface area contributed by atoms with Crippen LogP contribution in [0, 0.1) is 0 Å². The summed E-state index contributed by atoms with van der Waals surface area (Å²) in [7, 11) is 0. The van der Waals surface area contributed by atoms with Crippen molar-refractivity contribution in [1.29, 1.82) is 0 Å². The van der Waals surface area contributed by atoms with Gasteiger partial charge in [-0.1, -0.05) is 6.92 Å². The van der Waals surface area contributed by atoms with Crippen molar-refractivity contribution < 1.29 is 0 Å². The molecule has 1 rings (SSSR count). The number of hydrogen-bond donors (Lipinski definition) is 1. The number of rotatable bonds is 3. The lowest BCUT2D eigenvalue weighted by molar-refractivity contribution is 0.678. The average Bonchev–Trinajstić information content (AvgIpc) is 2.15. The minimum Gasteiger partial charge on any atom is -0.276 e. The van der Waals surface area contributed by atoms with Crippen LogP contribution in [0.3, 0.4) is 0 Å². The van der Waals surface area contributed by atoms with Crippen LogP contribution in [0.2, 0.25) is 5.28 Å². The zero-order chi connectivity index (χ0) is 10.7. The first kappa shape index (κ1) is 11.1. The Labute approximate surface area is 88.3 Å². The van der Waals surface area contributed by atoms with E-state index in [-0.39, 0.29) is 11.3 Å². The lowest BCUT2D eigenvalue weighted by atomic mass is 10.4. The molecule has 0 aromatic carbocycles. The standard InChI is InChI=1S/C8H14ClN5/c1-4-6-11-7(9)13-8(12-6)14(10)5(2)3/h5H,4,10H2,1-3H3. The predicted molar refractivity (Wildman–Crippen MR) is 56.0 cm³/mol. The molecule has 0 spiro atoms. The van der Waals surface area contributed by atoms with E-state index in [0.29, 0.717) is 18.2 Å². The van der Waals surface area contributed by atoms with Gasteiger partial charge in [-0.3, -0.25) is 5.01 Å². The lowest BCUT2D eigenvalue weighted by Gasteiger charge is -2.20. The van der Waals surface area contributed by atoms with Gasteiger partial charge >= 0.3 is 0 Å². The molecular formula is C8H14ClN5. The molecule has 0 aliphatic carbocycles. The van der Waals surface area contributed by atoms with Crippen LogP contribution in [-0.4, -0.2) is 21.0 Å². The Morgan fingerprint density at radius 3 is 2.50 bits per heavy atom. The van der Waals surface area contributed by atoms with Crippen LogP contribution in [0.15, 0.2) is 0 Å². The summed E-state index contributed by atoms with van der Waals surface area (Å²) in [6.07, 6.45) is 0.709. The Morgan fingerprint density at radius 1 is 1.36 bits per heavy atom. The Morgan fingerprint density at radius 2 is 2.00 bits per heavy atom. The van der Waals surface area contributed by atoms with E-state index in [9.17, 15) is 0 Å². The molecule has 2 N–H and O–H groups in total. The second-order valence-electron chi connectivity index (χ2n) is 3.18. The third-order valence-electron chi connectivity index (χ3n) is 1.75. The molecule has 1 aromatic heterocycles. The van der Waals surface area contributed by atoms with Crippen molar-refractivity contribution in [3.63, 3.8) is 0 Å². The molecule has 0 saturated carbocycles. The number of anilines is 1. The van der Waals surface area contributed by atoms with Gasteiger partial charge in [0.05, 0.1) is 0 Å². The Bertz CT molecular complexity index is 315. The summed E-state index contributed by atoms with van der Waals surface area (Å²) in [4.78, 5) is 12.1. The van der Waals surface area contributed by atoms with Crippen molar-refractivity contribution in [2.45, 2.75) is 33.2 Å². The van der Waals surface area contributed by atoms with Gasteiger partial charge in [-0.2, -0.15) is 9.97 Å². The minimum atomic E-state index is 0.123. The second-order valence-corrected chi connectivity index (χ2v) is 3.51. The maximum absolute atomic E-state index is 5.75. The average molecular weight is 216 g/mol. The second kappa shape index (κ2) is 4.52. The van der Waals surface area contributed by atoms with E-state index >= 15 is 0 Å². The molecule has 0 aliphatic rings. The first-order valence-corrected chi connectivity index (χ1v) is 4.86. The summed E-state index contributed by atoms with van der Waals surface area (Å²) in [5.41, 5.74) is 0. The first-order chi connectivity index (χ1) is 6.54. The summed E-state index contributed by atoms with van der Waals surface area (Å²) in [5.74, 6) is 6.82. The molecule has 0 saturated heterocycles. The Hall–Kier alpha value is -0.940. The molecule has 0 atom stereocenters. The highest BCUT2D eigenvalue weighted by atomic mass is 35.5. The van der Waals surface area contributed by atoms with E-state index in [4.69, 9.17) is 17.4 Å². The molecule has 6 heteroatoms. The van der Waals surface area contributed by atoms with Crippen molar-refractivity contribution in [3.8, 4) is 0 Å². The molecule has 0 amide bonds. The third-order valence-corrected chi connectivity index (χ3v) is 1.92. The molecule has 5 nitrogen and oxygen atoms in total. The van der Waals surface area contributed by atoms with Crippen LogP contribution < -0.4 is 10.9 Å². The largest absolute Gasteiger partial charge is 0.276 e. The minimum absolute atomic E-state index is 0.123. The van der Waals surface area contributed by atoms with Gasteiger partial charge in [0, 0.05) is 12.5 Å². The van der Waals surface area contributed by atoms with E-state index in [2.05, 4.69) is 15.0 Å². The zero-order valence-corrected chi connectivity index (χ0v) is 9.28. The number of nitrogens with zero attached hydrogens (tertiary/aromatic N) is 4. The fourth-order valence-corrected chi connectivity index (χ4v) is 1.06. The predicted octanol–water partition coefficient (Wildman–Crippen LogP) is 1.18. The van der Waals surface area contributed by atoms with Crippen molar-refractivity contribution >= 4 is 17.5 Å². The Kier molecular flexibility index (Phi) is 3.60. The number of hydrazine groups is 1. The monoisotopic (exact) mass is 215 g/mol. The summed E-state index contributed by atoms with van der Waals surface area (Å²) >= 11 is 5.73. The van der Waals surface area contributed by atoms with E-state index < -0.39 is 0 Å². The van der Waals surface area contributed by atoms with Gasteiger partial charge in [-0.15, -0.1) is 0 Å². The molecule has 0 radical (unpaired) electrons. The third kappa shape index (κ3) is 2.52. The molecule has 0 bridgehead atoms. The molecule has 1 aromatic rings. The number of hydrogen-bond acceptors (Lipinski definition) is 5. The number of aromatic nitrogens is 3. The fraction of sp³-hybridized carbons (Fsp3) is 0.625. The molecule has 78 valence electrons.